The molecule has 2 amide bonds. The Kier molecular flexibility index (Phi) is 16.4. The van der Waals surface area contributed by atoms with Gasteiger partial charge < -0.3 is 20.1 Å². The molecular weight excluding hydrogens is 560 g/mol. The number of carbonyl (C=O) groups excluding carboxylic acids is 2. The van der Waals surface area contributed by atoms with Crippen molar-refractivity contribution in [3.05, 3.63) is 0 Å². The Morgan fingerprint density at radius 1 is 0.622 bits per heavy atom. The van der Waals surface area contributed by atoms with Gasteiger partial charge in [-0.25, -0.2) is 4.79 Å². The SMILES string of the molecule is CCCCCCCCCC(C1CCC(OC)CC1)C1CCC(OC(=O)NC2CCC(CC3CCC(NC(C)=O)CC3)CC2)CC1. The van der Waals surface area contributed by atoms with Crippen molar-refractivity contribution in [2.24, 2.45) is 29.6 Å². The molecule has 0 radical (unpaired) electrons. The molecule has 0 bridgehead atoms. The molecule has 2 N–H and O–H groups in total. The van der Waals surface area contributed by atoms with Crippen molar-refractivity contribution < 1.29 is 19.1 Å². The fourth-order valence-corrected chi connectivity index (χ4v) is 9.78. The first-order valence-electron chi connectivity index (χ1n) is 19.7. The second-order valence-corrected chi connectivity index (χ2v) is 15.8. The summed E-state index contributed by atoms with van der Waals surface area (Å²) in [4.78, 5) is 24.3. The van der Waals surface area contributed by atoms with Crippen molar-refractivity contribution in [3.63, 3.8) is 0 Å². The van der Waals surface area contributed by atoms with Crippen LogP contribution in [0.15, 0.2) is 0 Å². The van der Waals surface area contributed by atoms with Crippen LogP contribution < -0.4 is 10.6 Å². The van der Waals surface area contributed by atoms with E-state index in [1.807, 2.05) is 7.11 Å². The lowest BCUT2D eigenvalue weighted by atomic mass is 9.67. The van der Waals surface area contributed by atoms with Gasteiger partial charge in [0.25, 0.3) is 0 Å². The van der Waals surface area contributed by atoms with Gasteiger partial charge in [0, 0.05) is 26.1 Å². The maximum Gasteiger partial charge on any atom is 0.407 e. The van der Waals surface area contributed by atoms with Crippen LogP contribution in [0.2, 0.25) is 0 Å². The van der Waals surface area contributed by atoms with Crippen LogP contribution in [-0.4, -0.2) is 43.4 Å². The highest BCUT2D eigenvalue weighted by Crippen LogP contribution is 2.43. The summed E-state index contributed by atoms with van der Waals surface area (Å²) in [6.07, 6.45) is 31.8. The monoisotopic (exact) mass is 631 g/mol. The van der Waals surface area contributed by atoms with Crippen molar-refractivity contribution in [2.45, 2.75) is 199 Å². The molecule has 0 aromatic heterocycles. The quantitative estimate of drug-likeness (QED) is 0.166. The molecule has 0 aromatic carbocycles. The number of rotatable bonds is 16. The van der Waals surface area contributed by atoms with Gasteiger partial charge in [-0.2, -0.15) is 0 Å². The van der Waals surface area contributed by atoms with Crippen LogP contribution in [0.5, 0.6) is 0 Å². The van der Waals surface area contributed by atoms with E-state index in [1.165, 1.54) is 122 Å². The summed E-state index contributed by atoms with van der Waals surface area (Å²) in [6, 6.07) is 0.659. The fraction of sp³-hybridized carbons (Fsp3) is 0.949. The van der Waals surface area contributed by atoms with Gasteiger partial charge >= 0.3 is 6.09 Å². The number of alkyl carbamates (subject to hydrolysis) is 1. The Morgan fingerprint density at radius 2 is 1.11 bits per heavy atom. The van der Waals surface area contributed by atoms with E-state index in [0.29, 0.717) is 12.1 Å². The number of methoxy groups -OCH3 is 1. The Hall–Kier alpha value is -1.30. The highest BCUT2D eigenvalue weighted by atomic mass is 16.6. The largest absolute Gasteiger partial charge is 0.446 e. The summed E-state index contributed by atoms with van der Waals surface area (Å²) < 4.78 is 11.7. The Bertz CT molecular complexity index is 819. The predicted molar refractivity (Wildman–Crippen MR) is 184 cm³/mol. The van der Waals surface area contributed by atoms with E-state index in [4.69, 9.17) is 9.47 Å². The maximum absolute atomic E-state index is 12.9. The lowest BCUT2D eigenvalue weighted by Crippen LogP contribution is -2.41. The topological polar surface area (TPSA) is 76.7 Å². The average Bonchev–Trinajstić information content (AvgIpc) is 3.05. The molecule has 260 valence electrons. The molecule has 4 saturated carbocycles. The molecule has 4 fully saturated rings. The Morgan fingerprint density at radius 3 is 1.62 bits per heavy atom. The smallest absolute Gasteiger partial charge is 0.407 e. The van der Waals surface area contributed by atoms with Crippen LogP contribution in [-0.2, 0) is 14.3 Å². The molecule has 45 heavy (non-hydrogen) atoms. The van der Waals surface area contributed by atoms with Crippen LogP contribution in [0.4, 0.5) is 4.79 Å². The first kappa shape index (κ1) is 36.5. The molecule has 1 unspecified atom stereocenters. The van der Waals surface area contributed by atoms with Crippen molar-refractivity contribution >= 4 is 12.0 Å². The van der Waals surface area contributed by atoms with Gasteiger partial charge in [-0.1, -0.05) is 51.9 Å². The number of unbranched alkanes of at least 4 members (excludes halogenated alkanes) is 6. The van der Waals surface area contributed by atoms with E-state index in [-0.39, 0.29) is 24.1 Å². The molecule has 0 spiro atoms. The highest BCUT2D eigenvalue weighted by Gasteiger charge is 2.36. The molecule has 6 nitrogen and oxygen atoms in total. The van der Waals surface area contributed by atoms with E-state index in [0.717, 1.165) is 68.1 Å². The van der Waals surface area contributed by atoms with Crippen molar-refractivity contribution in [1.29, 1.82) is 0 Å². The summed E-state index contributed by atoms with van der Waals surface area (Å²) in [5.41, 5.74) is 0. The number of amides is 2. The molecule has 0 heterocycles. The zero-order valence-electron chi connectivity index (χ0n) is 29.5. The van der Waals surface area contributed by atoms with Crippen LogP contribution in [0.25, 0.3) is 0 Å². The molecule has 4 aliphatic rings. The first-order valence-corrected chi connectivity index (χ1v) is 19.7. The minimum Gasteiger partial charge on any atom is -0.446 e. The fourth-order valence-electron chi connectivity index (χ4n) is 9.78. The average molecular weight is 631 g/mol. The lowest BCUT2D eigenvalue weighted by molar-refractivity contribution is -0.119. The minimum absolute atomic E-state index is 0.0913. The second kappa shape index (κ2) is 20.2. The van der Waals surface area contributed by atoms with Gasteiger partial charge in [-0.3, -0.25) is 4.79 Å². The standard InChI is InChI=1S/C39H70N2O4/c1-4-5-6-7-8-9-10-11-38(32-16-24-36(44-3)25-17-32)33-18-26-37(27-19-33)45-39(43)41-35-22-14-31(15-23-35)28-30-12-20-34(21-13-30)40-29(2)42/h30-38H,4-28H2,1-3H3,(H,40,42)(H,41,43). The summed E-state index contributed by atoms with van der Waals surface area (Å²) in [6.45, 7) is 3.93. The molecule has 6 heteroatoms. The Labute approximate surface area is 276 Å². The molecule has 0 saturated heterocycles. The van der Waals surface area contributed by atoms with E-state index >= 15 is 0 Å². The van der Waals surface area contributed by atoms with Crippen LogP contribution in [0.3, 0.4) is 0 Å². The summed E-state index contributed by atoms with van der Waals surface area (Å²) in [5, 5.41) is 6.35. The van der Waals surface area contributed by atoms with Gasteiger partial charge in [0.15, 0.2) is 0 Å². The van der Waals surface area contributed by atoms with Crippen molar-refractivity contribution in [1.82, 2.24) is 10.6 Å². The predicted octanol–water partition coefficient (Wildman–Crippen LogP) is 9.88. The Balaban J connectivity index is 1.12. The van der Waals surface area contributed by atoms with Gasteiger partial charge in [-0.05, 0) is 145 Å². The van der Waals surface area contributed by atoms with E-state index in [1.54, 1.807) is 6.92 Å². The molecule has 1 atom stereocenters. The van der Waals surface area contributed by atoms with Crippen molar-refractivity contribution in [2.75, 3.05) is 7.11 Å². The first-order chi connectivity index (χ1) is 21.9. The molecule has 4 rings (SSSR count). The third kappa shape index (κ3) is 13.0. The third-order valence-electron chi connectivity index (χ3n) is 12.5. The van der Waals surface area contributed by atoms with Crippen LogP contribution >= 0.6 is 0 Å². The lowest BCUT2D eigenvalue weighted by Gasteiger charge is -2.40. The second-order valence-electron chi connectivity index (χ2n) is 15.8. The third-order valence-corrected chi connectivity index (χ3v) is 12.5. The van der Waals surface area contributed by atoms with E-state index in [9.17, 15) is 9.59 Å². The maximum atomic E-state index is 12.9. The molecular formula is C39H70N2O4. The molecule has 4 aliphatic carbocycles. The summed E-state index contributed by atoms with van der Waals surface area (Å²) in [5.74, 6) is 4.20. The van der Waals surface area contributed by atoms with Crippen LogP contribution in [0.1, 0.15) is 174 Å². The zero-order valence-corrected chi connectivity index (χ0v) is 29.5. The normalized spacial score (nSPS) is 33.2. The molecule has 0 aliphatic heterocycles. The minimum atomic E-state index is -0.171. The van der Waals surface area contributed by atoms with E-state index in [2.05, 4.69) is 17.6 Å². The number of carbonyl (C=O) groups is 2. The summed E-state index contributed by atoms with van der Waals surface area (Å²) >= 11 is 0. The number of ether oxygens (including phenoxy) is 2. The van der Waals surface area contributed by atoms with Gasteiger partial charge in [-0.15, -0.1) is 0 Å². The van der Waals surface area contributed by atoms with Crippen molar-refractivity contribution in [3.8, 4) is 0 Å². The highest BCUT2D eigenvalue weighted by molar-refractivity contribution is 5.73. The zero-order chi connectivity index (χ0) is 31.9. The summed E-state index contributed by atoms with van der Waals surface area (Å²) in [7, 11) is 1.88. The number of hydrogen-bond donors (Lipinski definition) is 2. The number of hydrogen-bond acceptors (Lipinski definition) is 4. The van der Waals surface area contributed by atoms with Gasteiger partial charge in [0.1, 0.15) is 6.10 Å². The molecule has 0 aromatic rings. The van der Waals surface area contributed by atoms with Gasteiger partial charge in [0.05, 0.1) is 6.10 Å². The van der Waals surface area contributed by atoms with Crippen LogP contribution in [0, 0.1) is 29.6 Å². The number of nitrogens with one attached hydrogen (secondary N) is 2. The van der Waals surface area contributed by atoms with E-state index < -0.39 is 0 Å². The van der Waals surface area contributed by atoms with Gasteiger partial charge in [0.2, 0.25) is 5.91 Å².